The molecule has 1 fully saturated rings. The van der Waals surface area contributed by atoms with E-state index in [4.69, 9.17) is 24.4 Å². The van der Waals surface area contributed by atoms with E-state index in [2.05, 4.69) is 0 Å². The van der Waals surface area contributed by atoms with E-state index >= 15 is 0 Å². The Kier molecular flexibility index (Phi) is 15.7. The molecule has 13 heteroatoms. The smallest absolute Gasteiger partial charge is 0.339 e. The molecule has 2 N–H and O–H groups in total. The molecular weight excluding hydrogens is 869 g/mol. The highest BCUT2D eigenvalue weighted by atomic mass is 16.6. The molecule has 0 spiro atoms. The standard InChI is InChI=1S/C16H12O5.C15H16O2.2C12H8O3/c17-8-10-5-6-14(13-4-2-1-3-12(10)13)16(19)21-11-7-15(18)20-9-11;1-15(2,3)17-14-9-8-11(10-16)12-6-4-5-7-13(12)14;13-7-8-1-2-10-6-11(12(14)15)4-3-9(10)5-8;13-7-8-5-6-11(12(14)15)10-4-2-1-3-9(8)10/h1-6,8,11H,7,9H2;4-10H,1-3H3;2*1-7H,(H,14,15). The van der Waals surface area contributed by atoms with E-state index in [1.165, 1.54) is 18.2 Å². The fourth-order valence-electron chi connectivity index (χ4n) is 7.28. The summed E-state index contributed by atoms with van der Waals surface area (Å²) in [5.41, 5.74) is 2.91. The van der Waals surface area contributed by atoms with E-state index in [1.807, 2.05) is 51.1 Å². The summed E-state index contributed by atoms with van der Waals surface area (Å²) in [5.74, 6) is -2.00. The number of cyclic esters (lactones) is 1. The third-order valence-corrected chi connectivity index (χ3v) is 10.4. The average Bonchev–Trinajstić information content (AvgIpc) is 3.76. The van der Waals surface area contributed by atoms with E-state index in [0.717, 1.165) is 52.4 Å². The summed E-state index contributed by atoms with van der Waals surface area (Å²) in [7, 11) is 0. The molecule has 1 saturated heterocycles. The Morgan fingerprint density at radius 1 is 0.559 bits per heavy atom. The van der Waals surface area contributed by atoms with E-state index < -0.39 is 24.0 Å². The van der Waals surface area contributed by atoms with Crippen molar-refractivity contribution in [1.82, 2.24) is 0 Å². The zero-order valence-corrected chi connectivity index (χ0v) is 37.0. The number of hydrogen-bond donors (Lipinski definition) is 2. The number of carboxylic acids is 2. The monoisotopic (exact) mass is 912 g/mol. The number of rotatable bonds is 9. The molecule has 0 radical (unpaired) electrons. The maximum atomic E-state index is 12.2. The summed E-state index contributed by atoms with van der Waals surface area (Å²) in [6.45, 7) is 6.12. The zero-order valence-electron chi connectivity index (χ0n) is 37.0. The van der Waals surface area contributed by atoms with Gasteiger partial charge in [-0.1, -0.05) is 103 Å². The molecule has 0 bridgehead atoms. The van der Waals surface area contributed by atoms with Crippen LogP contribution in [0.3, 0.4) is 0 Å². The Balaban J connectivity index is 0.000000151. The van der Waals surface area contributed by atoms with E-state index in [1.54, 1.807) is 97.1 Å². The van der Waals surface area contributed by atoms with Gasteiger partial charge in [0.1, 0.15) is 30.3 Å². The van der Waals surface area contributed by atoms with Crippen molar-refractivity contribution >= 4 is 92.1 Å². The first-order valence-electron chi connectivity index (χ1n) is 21.1. The van der Waals surface area contributed by atoms with Crippen LogP contribution >= 0.6 is 0 Å². The van der Waals surface area contributed by atoms with Crippen molar-refractivity contribution in [3.8, 4) is 5.75 Å². The fraction of sp³-hybridized carbons (Fsp3) is 0.127. The summed E-state index contributed by atoms with van der Waals surface area (Å²) in [6, 6.07) is 41.6. The third kappa shape index (κ3) is 11.9. The van der Waals surface area contributed by atoms with E-state index in [9.17, 15) is 38.4 Å². The van der Waals surface area contributed by atoms with Gasteiger partial charge in [-0.3, -0.25) is 24.0 Å². The second kappa shape index (κ2) is 21.9. The predicted molar refractivity (Wildman–Crippen MR) is 256 cm³/mol. The number of carbonyl (C=O) groups is 8. The molecule has 8 aromatic rings. The van der Waals surface area contributed by atoms with Gasteiger partial charge in [-0.2, -0.15) is 0 Å². The van der Waals surface area contributed by atoms with Crippen LogP contribution in [0.1, 0.15) is 99.7 Å². The van der Waals surface area contributed by atoms with Crippen LogP contribution in [0, 0.1) is 0 Å². The largest absolute Gasteiger partial charge is 0.488 e. The molecule has 8 aromatic carbocycles. The van der Waals surface area contributed by atoms with Gasteiger partial charge in [0, 0.05) is 27.6 Å². The second-order valence-electron chi connectivity index (χ2n) is 16.2. The molecule has 0 aliphatic carbocycles. The van der Waals surface area contributed by atoms with Gasteiger partial charge >= 0.3 is 23.9 Å². The number of hydrogen-bond acceptors (Lipinski definition) is 11. The minimum Gasteiger partial charge on any atom is -0.488 e. The lowest BCUT2D eigenvalue weighted by molar-refractivity contribution is -0.138. The van der Waals surface area contributed by atoms with Crippen molar-refractivity contribution < 1.29 is 62.8 Å². The molecule has 1 aliphatic rings. The molecule has 13 nitrogen and oxygen atoms in total. The number of carboxylic acid groups (broad SMARTS) is 2. The van der Waals surface area contributed by atoms with Crippen LogP contribution in [-0.4, -0.2) is 77.5 Å². The normalized spacial score (nSPS) is 12.8. The highest BCUT2D eigenvalue weighted by molar-refractivity contribution is 6.10. The van der Waals surface area contributed by atoms with Gasteiger partial charge in [0.05, 0.1) is 23.1 Å². The molecule has 0 amide bonds. The van der Waals surface area contributed by atoms with Gasteiger partial charge in [0.2, 0.25) is 0 Å². The van der Waals surface area contributed by atoms with Crippen LogP contribution in [0.25, 0.3) is 43.1 Å². The summed E-state index contributed by atoms with van der Waals surface area (Å²) < 4.78 is 15.9. The van der Waals surface area contributed by atoms with Crippen LogP contribution in [-0.2, 0) is 14.3 Å². The van der Waals surface area contributed by atoms with Crippen molar-refractivity contribution in [1.29, 1.82) is 0 Å². The van der Waals surface area contributed by atoms with E-state index in [-0.39, 0.29) is 35.7 Å². The maximum Gasteiger partial charge on any atom is 0.339 e. The Bertz CT molecular complexity index is 3240. The Hall–Kier alpha value is -8.84. The van der Waals surface area contributed by atoms with Gasteiger partial charge in [-0.15, -0.1) is 0 Å². The van der Waals surface area contributed by atoms with Crippen molar-refractivity contribution in [2.75, 3.05) is 6.61 Å². The molecule has 1 aliphatic heterocycles. The number of ether oxygens (including phenoxy) is 3. The molecule has 0 aromatic heterocycles. The first-order valence-corrected chi connectivity index (χ1v) is 21.1. The molecular formula is C55H44O13. The number of aromatic carboxylic acids is 2. The second-order valence-corrected chi connectivity index (χ2v) is 16.2. The van der Waals surface area contributed by atoms with Gasteiger partial charge in [-0.25, -0.2) is 14.4 Å². The van der Waals surface area contributed by atoms with Gasteiger partial charge in [0.25, 0.3) is 0 Å². The minimum absolute atomic E-state index is 0.0795. The van der Waals surface area contributed by atoms with E-state index in [0.29, 0.717) is 49.4 Å². The number of fused-ring (bicyclic) bond motifs is 4. The summed E-state index contributed by atoms with van der Waals surface area (Å²) in [6.07, 6.45) is 2.66. The topological polar surface area (TPSA) is 205 Å². The first-order chi connectivity index (χ1) is 32.6. The van der Waals surface area contributed by atoms with Crippen molar-refractivity contribution in [3.63, 3.8) is 0 Å². The average molecular weight is 913 g/mol. The molecule has 68 heavy (non-hydrogen) atoms. The number of carbonyl (C=O) groups excluding carboxylic acids is 6. The summed E-state index contributed by atoms with van der Waals surface area (Å²) >= 11 is 0. The van der Waals surface area contributed by atoms with Crippen molar-refractivity contribution in [2.24, 2.45) is 0 Å². The van der Waals surface area contributed by atoms with Crippen LogP contribution in [0.4, 0.5) is 0 Å². The highest BCUT2D eigenvalue weighted by Gasteiger charge is 2.28. The lowest BCUT2D eigenvalue weighted by Gasteiger charge is -2.22. The molecule has 9 rings (SSSR count). The van der Waals surface area contributed by atoms with Crippen LogP contribution in [0.5, 0.6) is 5.75 Å². The van der Waals surface area contributed by atoms with Gasteiger partial charge < -0.3 is 24.4 Å². The lowest BCUT2D eigenvalue weighted by Crippen LogP contribution is -2.23. The summed E-state index contributed by atoms with van der Waals surface area (Å²) in [5, 5.41) is 24.0. The Labute approximate surface area is 389 Å². The zero-order chi connectivity index (χ0) is 49.0. The van der Waals surface area contributed by atoms with Crippen LogP contribution in [0.15, 0.2) is 146 Å². The first kappa shape index (κ1) is 48.6. The molecule has 0 saturated carbocycles. The predicted octanol–water partition coefficient (Wildman–Crippen LogP) is 10.7. The maximum absolute atomic E-state index is 12.2. The van der Waals surface area contributed by atoms with Gasteiger partial charge in [0.15, 0.2) is 18.9 Å². The SMILES string of the molecule is CC(C)(C)Oc1ccc(C=O)c2ccccc12.O=Cc1ccc(C(=O)O)c2ccccc12.O=Cc1ccc(C(=O)OC2COC(=O)C2)c2ccccc12.O=Cc1ccc2cc(C(=O)O)ccc2c1. The Morgan fingerprint density at radius 2 is 1.04 bits per heavy atom. The molecule has 342 valence electrons. The number of benzene rings is 8. The van der Waals surface area contributed by atoms with Crippen LogP contribution in [0.2, 0.25) is 0 Å². The van der Waals surface area contributed by atoms with Crippen molar-refractivity contribution in [3.05, 3.63) is 185 Å². The third-order valence-electron chi connectivity index (χ3n) is 10.4. The molecule has 1 heterocycles. The van der Waals surface area contributed by atoms with Crippen molar-refractivity contribution in [2.45, 2.75) is 38.9 Å². The van der Waals surface area contributed by atoms with Crippen LogP contribution < -0.4 is 4.74 Å². The number of esters is 2. The minimum atomic E-state index is -0.983. The fourth-order valence-corrected chi connectivity index (χ4v) is 7.28. The number of aldehydes is 4. The Morgan fingerprint density at radius 3 is 1.54 bits per heavy atom. The quantitative estimate of drug-likeness (QED) is 0.102. The molecule has 1 atom stereocenters. The molecule has 1 unspecified atom stereocenters. The summed E-state index contributed by atoms with van der Waals surface area (Å²) in [4.78, 5) is 88.2. The van der Waals surface area contributed by atoms with Gasteiger partial charge in [-0.05, 0) is 101 Å². The lowest BCUT2D eigenvalue weighted by atomic mass is 10.0. The highest BCUT2D eigenvalue weighted by Crippen LogP contribution is 2.31.